The van der Waals surface area contributed by atoms with Crippen LogP contribution in [0.1, 0.15) is 18.9 Å². The van der Waals surface area contributed by atoms with Crippen molar-refractivity contribution in [3.63, 3.8) is 0 Å². The molecule has 22 heavy (non-hydrogen) atoms. The van der Waals surface area contributed by atoms with Gasteiger partial charge in [-0.2, -0.15) is 0 Å². The van der Waals surface area contributed by atoms with Crippen LogP contribution in [0.4, 0.5) is 5.69 Å². The van der Waals surface area contributed by atoms with Gasteiger partial charge in [0.05, 0.1) is 10.7 Å². The third-order valence-corrected chi connectivity index (χ3v) is 3.58. The fraction of sp³-hybridized carbons (Fsp3) is 0.235. The molecule has 3 nitrogen and oxygen atoms in total. The van der Waals surface area contributed by atoms with Gasteiger partial charge in [-0.25, -0.2) is 0 Å². The lowest BCUT2D eigenvalue weighted by atomic mass is 10.1. The molecule has 0 aliphatic carbocycles. The average molecular weight is 338 g/mol. The smallest absolute Gasteiger partial charge is 0.262 e. The Kier molecular flexibility index (Phi) is 6.10. The van der Waals surface area contributed by atoms with Crippen molar-refractivity contribution in [1.29, 1.82) is 0 Å². The second-order valence-electron chi connectivity index (χ2n) is 4.85. The van der Waals surface area contributed by atoms with Crippen LogP contribution in [-0.2, 0) is 11.2 Å². The molecule has 0 heterocycles. The molecule has 0 saturated carbocycles. The maximum atomic E-state index is 11.9. The van der Waals surface area contributed by atoms with E-state index in [0.717, 1.165) is 12.8 Å². The number of carbonyl (C=O) groups excluding carboxylic acids is 1. The predicted molar refractivity (Wildman–Crippen MR) is 91.0 cm³/mol. The van der Waals surface area contributed by atoms with E-state index >= 15 is 0 Å². The van der Waals surface area contributed by atoms with Gasteiger partial charge in [-0.1, -0.05) is 48.7 Å². The SMILES string of the molecule is CCCc1ccc(OCC(=O)Nc2ccc(Cl)cc2Cl)cc1. The number of ether oxygens (including phenoxy) is 1. The summed E-state index contributed by atoms with van der Waals surface area (Å²) in [5.41, 5.74) is 1.77. The first-order valence-electron chi connectivity index (χ1n) is 7.05. The first-order valence-corrected chi connectivity index (χ1v) is 7.80. The van der Waals surface area contributed by atoms with Crippen LogP contribution in [0.2, 0.25) is 10.0 Å². The number of halogens is 2. The van der Waals surface area contributed by atoms with Crippen LogP contribution in [0, 0.1) is 0 Å². The first kappa shape index (κ1) is 16.7. The fourth-order valence-electron chi connectivity index (χ4n) is 1.97. The standard InChI is InChI=1S/C17H17Cl2NO2/c1-2-3-12-4-7-14(8-5-12)22-11-17(21)20-16-9-6-13(18)10-15(16)19/h4-10H,2-3,11H2,1H3,(H,20,21). The van der Waals surface area contributed by atoms with Crippen LogP contribution in [0.25, 0.3) is 0 Å². The molecule has 0 aromatic heterocycles. The second kappa shape index (κ2) is 8.06. The van der Waals surface area contributed by atoms with E-state index in [1.165, 1.54) is 5.56 Å². The number of benzene rings is 2. The zero-order chi connectivity index (χ0) is 15.9. The van der Waals surface area contributed by atoms with E-state index in [1.54, 1.807) is 18.2 Å². The zero-order valence-corrected chi connectivity index (χ0v) is 13.7. The Morgan fingerprint density at radius 2 is 1.86 bits per heavy atom. The number of nitrogens with one attached hydrogen (secondary N) is 1. The minimum atomic E-state index is -0.276. The van der Waals surface area contributed by atoms with Crippen molar-refractivity contribution in [2.45, 2.75) is 19.8 Å². The Bertz CT molecular complexity index is 642. The first-order chi connectivity index (χ1) is 10.6. The van der Waals surface area contributed by atoms with Crippen LogP contribution in [0.3, 0.4) is 0 Å². The number of anilines is 1. The summed E-state index contributed by atoms with van der Waals surface area (Å²) in [5.74, 6) is 0.388. The molecule has 0 unspecified atom stereocenters. The van der Waals surface area contributed by atoms with Gasteiger partial charge in [0.2, 0.25) is 0 Å². The summed E-state index contributed by atoms with van der Waals surface area (Å²) in [7, 11) is 0. The summed E-state index contributed by atoms with van der Waals surface area (Å²) in [6, 6.07) is 12.6. The predicted octanol–water partition coefficient (Wildman–Crippen LogP) is 4.96. The van der Waals surface area contributed by atoms with Gasteiger partial charge in [-0.15, -0.1) is 0 Å². The van der Waals surface area contributed by atoms with Crippen molar-refractivity contribution in [2.75, 3.05) is 11.9 Å². The number of hydrogen-bond donors (Lipinski definition) is 1. The number of amides is 1. The van der Waals surface area contributed by atoms with Crippen molar-refractivity contribution in [1.82, 2.24) is 0 Å². The highest BCUT2D eigenvalue weighted by molar-refractivity contribution is 6.36. The molecule has 0 saturated heterocycles. The molecule has 2 rings (SSSR count). The number of rotatable bonds is 6. The highest BCUT2D eigenvalue weighted by Gasteiger charge is 2.07. The molecule has 116 valence electrons. The number of aryl methyl sites for hydroxylation is 1. The second-order valence-corrected chi connectivity index (χ2v) is 5.70. The summed E-state index contributed by atoms with van der Waals surface area (Å²) in [5, 5.41) is 3.60. The molecule has 2 aromatic carbocycles. The van der Waals surface area contributed by atoms with Crippen molar-refractivity contribution in [2.24, 2.45) is 0 Å². The number of hydrogen-bond acceptors (Lipinski definition) is 2. The monoisotopic (exact) mass is 337 g/mol. The third-order valence-electron chi connectivity index (χ3n) is 3.04. The highest BCUT2D eigenvalue weighted by atomic mass is 35.5. The van der Waals surface area contributed by atoms with Crippen LogP contribution in [0.5, 0.6) is 5.75 Å². The molecule has 0 aliphatic rings. The van der Waals surface area contributed by atoms with E-state index in [0.29, 0.717) is 21.5 Å². The summed E-state index contributed by atoms with van der Waals surface area (Å²) in [6.07, 6.45) is 2.14. The molecule has 1 amide bonds. The Morgan fingerprint density at radius 3 is 2.50 bits per heavy atom. The van der Waals surface area contributed by atoms with E-state index in [9.17, 15) is 4.79 Å². The summed E-state index contributed by atoms with van der Waals surface area (Å²) in [6.45, 7) is 2.06. The fourth-order valence-corrected chi connectivity index (χ4v) is 2.42. The van der Waals surface area contributed by atoms with E-state index < -0.39 is 0 Å². The molecule has 0 aliphatic heterocycles. The molecular formula is C17H17Cl2NO2. The van der Waals surface area contributed by atoms with Crippen LogP contribution in [0.15, 0.2) is 42.5 Å². The molecular weight excluding hydrogens is 321 g/mol. The van der Waals surface area contributed by atoms with Gasteiger partial charge >= 0.3 is 0 Å². The van der Waals surface area contributed by atoms with Gasteiger partial charge in [-0.3, -0.25) is 4.79 Å². The molecule has 1 N–H and O–H groups in total. The maximum absolute atomic E-state index is 11.9. The van der Waals surface area contributed by atoms with Crippen molar-refractivity contribution < 1.29 is 9.53 Å². The van der Waals surface area contributed by atoms with Gasteiger partial charge in [0, 0.05) is 5.02 Å². The van der Waals surface area contributed by atoms with Crippen LogP contribution < -0.4 is 10.1 Å². The minimum absolute atomic E-state index is 0.0773. The zero-order valence-electron chi connectivity index (χ0n) is 12.2. The Hall–Kier alpha value is -1.71. The third kappa shape index (κ3) is 4.93. The largest absolute Gasteiger partial charge is 0.484 e. The Labute approximate surface area is 140 Å². The maximum Gasteiger partial charge on any atom is 0.262 e. The minimum Gasteiger partial charge on any atom is -0.484 e. The lowest BCUT2D eigenvalue weighted by molar-refractivity contribution is -0.118. The molecule has 0 fully saturated rings. The lowest BCUT2D eigenvalue weighted by Gasteiger charge is -2.09. The lowest BCUT2D eigenvalue weighted by Crippen LogP contribution is -2.20. The normalized spacial score (nSPS) is 10.3. The quantitative estimate of drug-likeness (QED) is 0.808. The molecule has 0 radical (unpaired) electrons. The summed E-state index contributed by atoms with van der Waals surface area (Å²) in [4.78, 5) is 11.9. The Morgan fingerprint density at radius 1 is 1.14 bits per heavy atom. The van der Waals surface area contributed by atoms with Gasteiger partial charge in [0.15, 0.2) is 6.61 Å². The van der Waals surface area contributed by atoms with Crippen LogP contribution in [-0.4, -0.2) is 12.5 Å². The van der Waals surface area contributed by atoms with E-state index in [4.69, 9.17) is 27.9 Å². The highest BCUT2D eigenvalue weighted by Crippen LogP contribution is 2.25. The van der Waals surface area contributed by atoms with Gasteiger partial charge in [-0.05, 0) is 42.3 Å². The molecule has 0 bridgehead atoms. The average Bonchev–Trinajstić information content (AvgIpc) is 2.50. The van der Waals surface area contributed by atoms with E-state index in [-0.39, 0.29) is 12.5 Å². The molecule has 0 atom stereocenters. The number of carbonyl (C=O) groups is 1. The Balaban J connectivity index is 1.87. The molecule has 5 heteroatoms. The van der Waals surface area contributed by atoms with Gasteiger partial charge in [0.25, 0.3) is 5.91 Å². The topological polar surface area (TPSA) is 38.3 Å². The molecule has 2 aromatic rings. The van der Waals surface area contributed by atoms with Gasteiger partial charge < -0.3 is 10.1 Å². The van der Waals surface area contributed by atoms with Crippen molar-refractivity contribution in [3.05, 3.63) is 58.1 Å². The van der Waals surface area contributed by atoms with Crippen molar-refractivity contribution >= 4 is 34.8 Å². The van der Waals surface area contributed by atoms with E-state index in [1.807, 2.05) is 24.3 Å². The summed E-state index contributed by atoms with van der Waals surface area (Å²) >= 11 is 11.8. The molecule has 0 spiro atoms. The van der Waals surface area contributed by atoms with E-state index in [2.05, 4.69) is 12.2 Å². The van der Waals surface area contributed by atoms with Crippen LogP contribution >= 0.6 is 23.2 Å². The van der Waals surface area contributed by atoms with Gasteiger partial charge in [0.1, 0.15) is 5.75 Å². The van der Waals surface area contributed by atoms with Crippen molar-refractivity contribution in [3.8, 4) is 5.75 Å². The summed E-state index contributed by atoms with van der Waals surface area (Å²) < 4.78 is 5.46.